The summed E-state index contributed by atoms with van der Waals surface area (Å²) in [4.78, 5) is 2.32. The lowest BCUT2D eigenvalue weighted by molar-refractivity contribution is 0.0134. The first-order valence-corrected chi connectivity index (χ1v) is 5.39. The second-order valence-electron chi connectivity index (χ2n) is 3.85. The molecule has 0 saturated carbocycles. The molecule has 1 atom stereocenters. The Balaban J connectivity index is 2.08. The summed E-state index contributed by atoms with van der Waals surface area (Å²) in [5, 5.41) is 0. The van der Waals surface area contributed by atoms with Gasteiger partial charge in [-0.25, -0.2) is 0 Å². The van der Waals surface area contributed by atoms with E-state index in [1.807, 2.05) is 19.1 Å². The predicted molar refractivity (Wildman–Crippen MR) is 57.6 cm³/mol. The number of furan rings is 1. The first-order valence-electron chi connectivity index (χ1n) is 5.39. The summed E-state index contributed by atoms with van der Waals surface area (Å²) in [6, 6.07) is 4.20. The molecule has 0 bridgehead atoms. The first kappa shape index (κ1) is 10.7. The van der Waals surface area contributed by atoms with E-state index in [-0.39, 0.29) is 6.04 Å². The Labute approximate surface area is 90.0 Å². The van der Waals surface area contributed by atoms with Gasteiger partial charge in [-0.2, -0.15) is 0 Å². The van der Waals surface area contributed by atoms with Gasteiger partial charge in [-0.3, -0.25) is 4.90 Å². The monoisotopic (exact) mass is 210 g/mol. The molecular weight excluding hydrogens is 192 g/mol. The van der Waals surface area contributed by atoms with E-state index in [2.05, 4.69) is 4.90 Å². The fourth-order valence-electron chi connectivity index (χ4n) is 1.97. The van der Waals surface area contributed by atoms with Crippen LogP contribution in [0.15, 0.2) is 16.5 Å². The summed E-state index contributed by atoms with van der Waals surface area (Å²) in [5.41, 5.74) is 5.80. The third-order valence-electron chi connectivity index (χ3n) is 2.80. The summed E-state index contributed by atoms with van der Waals surface area (Å²) in [7, 11) is 0. The first-order chi connectivity index (χ1) is 7.31. The molecule has 4 heteroatoms. The standard InChI is InChI=1S/C11H18N2O2/c1-9-2-3-11(15-9)10(8-12)13-4-6-14-7-5-13/h2-3,10H,4-8,12H2,1H3. The van der Waals surface area contributed by atoms with Crippen molar-refractivity contribution in [3.05, 3.63) is 23.7 Å². The zero-order valence-corrected chi connectivity index (χ0v) is 9.11. The van der Waals surface area contributed by atoms with E-state index >= 15 is 0 Å². The highest BCUT2D eigenvalue weighted by Crippen LogP contribution is 2.22. The summed E-state index contributed by atoms with van der Waals surface area (Å²) in [6.07, 6.45) is 0. The Morgan fingerprint density at radius 3 is 2.67 bits per heavy atom. The average Bonchev–Trinajstić information content (AvgIpc) is 2.68. The third kappa shape index (κ3) is 2.40. The lowest BCUT2D eigenvalue weighted by Gasteiger charge is -2.32. The van der Waals surface area contributed by atoms with Crippen LogP contribution in [0.25, 0.3) is 0 Å². The van der Waals surface area contributed by atoms with Gasteiger partial charge < -0.3 is 14.9 Å². The number of ether oxygens (including phenoxy) is 1. The molecule has 1 saturated heterocycles. The van der Waals surface area contributed by atoms with Crippen molar-refractivity contribution in [2.24, 2.45) is 5.73 Å². The Morgan fingerprint density at radius 2 is 2.13 bits per heavy atom. The van der Waals surface area contributed by atoms with E-state index in [1.54, 1.807) is 0 Å². The van der Waals surface area contributed by atoms with E-state index in [4.69, 9.17) is 14.9 Å². The van der Waals surface area contributed by atoms with Crippen LogP contribution in [0.1, 0.15) is 17.6 Å². The van der Waals surface area contributed by atoms with Gasteiger partial charge in [0.25, 0.3) is 0 Å². The van der Waals surface area contributed by atoms with Crippen LogP contribution >= 0.6 is 0 Å². The minimum Gasteiger partial charge on any atom is -0.465 e. The van der Waals surface area contributed by atoms with Crippen LogP contribution in [0.2, 0.25) is 0 Å². The summed E-state index contributed by atoms with van der Waals surface area (Å²) < 4.78 is 10.9. The lowest BCUT2D eigenvalue weighted by atomic mass is 10.2. The van der Waals surface area contributed by atoms with Gasteiger partial charge in [0.05, 0.1) is 19.3 Å². The summed E-state index contributed by atoms with van der Waals surface area (Å²) in [5.74, 6) is 1.91. The second-order valence-corrected chi connectivity index (χ2v) is 3.85. The van der Waals surface area contributed by atoms with Gasteiger partial charge in [0.15, 0.2) is 0 Å². The molecule has 4 nitrogen and oxygen atoms in total. The van der Waals surface area contributed by atoms with E-state index in [1.165, 1.54) is 0 Å². The van der Waals surface area contributed by atoms with Gasteiger partial charge >= 0.3 is 0 Å². The molecular formula is C11H18N2O2. The molecule has 15 heavy (non-hydrogen) atoms. The molecule has 1 aliphatic rings. The molecule has 1 aromatic heterocycles. The van der Waals surface area contributed by atoms with Gasteiger partial charge in [0, 0.05) is 19.6 Å². The SMILES string of the molecule is Cc1ccc(C(CN)N2CCOCC2)o1. The molecule has 0 aliphatic carbocycles. The number of nitrogens with zero attached hydrogens (tertiary/aromatic N) is 1. The van der Waals surface area contributed by atoms with Gasteiger partial charge in [-0.05, 0) is 19.1 Å². The van der Waals surface area contributed by atoms with Crippen molar-refractivity contribution in [2.45, 2.75) is 13.0 Å². The molecule has 0 amide bonds. The zero-order chi connectivity index (χ0) is 10.7. The van der Waals surface area contributed by atoms with Gasteiger partial charge in [0.2, 0.25) is 0 Å². The highest BCUT2D eigenvalue weighted by Gasteiger charge is 2.23. The molecule has 2 N–H and O–H groups in total. The quantitative estimate of drug-likeness (QED) is 0.806. The number of hydrogen-bond acceptors (Lipinski definition) is 4. The summed E-state index contributed by atoms with van der Waals surface area (Å²) >= 11 is 0. The minimum absolute atomic E-state index is 0.197. The Kier molecular flexibility index (Phi) is 3.41. The largest absolute Gasteiger partial charge is 0.465 e. The molecule has 2 rings (SSSR count). The molecule has 0 aromatic carbocycles. The molecule has 1 unspecified atom stereocenters. The fraction of sp³-hybridized carbons (Fsp3) is 0.636. The fourth-order valence-corrected chi connectivity index (χ4v) is 1.97. The normalized spacial score (nSPS) is 20.4. The molecule has 84 valence electrons. The Bertz CT molecular complexity index is 305. The van der Waals surface area contributed by atoms with Crippen molar-refractivity contribution in [1.82, 2.24) is 4.90 Å². The highest BCUT2D eigenvalue weighted by atomic mass is 16.5. The lowest BCUT2D eigenvalue weighted by Crippen LogP contribution is -2.41. The topological polar surface area (TPSA) is 51.6 Å². The number of rotatable bonds is 3. The van der Waals surface area contributed by atoms with Crippen molar-refractivity contribution in [1.29, 1.82) is 0 Å². The molecule has 1 fully saturated rings. The highest BCUT2D eigenvalue weighted by molar-refractivity contribution is 5.10. The van der Waals surface area contributed by atoms with Crippen LogP contribution in [0.3, 0.4) is 0 Å². The average molecular weight is 210 g/mol. The van der Waals surface area contributed by atoms with Crippen molar-refractivity contribution in [2.75, 3.05) is 32.8 Å². The minimum atomic E-state index is 0.197. The van der Waals surface area contributed by atoms with Crippen LogP contribution in [-0.2, 0) is 4.74 Å². The van der Waals surface area contributed by atoms with Gasteiger partial charge in [0.1, 0.15) is 11.5 Å². The molecule has 0 spiro atoms. The smallest absolute Gasteiger partial charge is 0.122 e. The second kappa shape index (κ2) is 4.79. The zero-order valence-electron chi connectivity index (χ0n) is 9.11. The Morgan fingerprint density at radius 1 is 1.40 bits per heavy atom. The van der Waals surface area contributed by atoms with Crippen LogP contribution in [0.5, 0.6) is 0 Å². The van der Waals surface area contributed by atoms with Gasteiger partial charge in [-0.1, -0.05) is 0 Å². The number of hydrogen-bond donors (Lipinski definition) is 1. The number of nitrogens with two attached hydrogens (primary N) is 1. The number of aryl methyl sites for hydroxylation is 1. The predicted octanol–water partition coefficient (Wildman–Crippen LogP) is 0.920. The maximum Gasteiger partial charge on any atom is 0.122 e. The van der Waals surface area contributed by atoms with E-state index in [0.29, 0.717) is 6.54 Å². The van der Waals surface area contributed by atoms with Crippen molar-refractivity contribution < 1.29 is 9.15 Å². The van der Waals surface area contributed by atoms with Crippen LogP contribution in [-0.4, -0.2) is 37.7 Å². The van der Waals surface area contributed by atoms with Crippen molar-refractivity contribution in [3.63, 3.8) is 0 Å². The van der Waals surface area contributed by atoms with Crippen molar-refractivity contribution in [3.8, 4) is 0 Å². The molecule has 0 radical (unpaired) electrons. The maximum atomic E-state index is 5.80. The number of morpholine rings is 1. The Hall–Kier alpha value is -0.840. The van der Waals surface area contributed by atoms with Crippen molar-refractivity contribution >= 4 is 0 Å². The van der Waals surface area contributed by atoms with Crippen LogP contribution in [0, 0.1) is 6.92 Å². The third-order valence-corrected chi connectivity index (χ3v) is 2.80. The van der Waals surface area contributed by atoms with Crippen LogP contribution < -0.4 is 5.73 Å². The van der Waals surface area contributed by atoms with E-state index in [0.717, 1.165) is 37.8 Å². The summed E-state index contributed by atoms with van der Waals surface area (Å²) in [6.45, 7) is 5.99. The van der Waals surface area contributed by atoms with Gasteiger partial charge in [-0.15, -0.1) is 0 Å². The molecule has 2 heterocycles. The maximum absolute atomic E-state index is 5.80. The molecule has 1 aromatic rings. The molecule has 1 aliphatic heterocycles. The van der Waals surface area contributed by atoms with E-state index < -0.39 is 0 Å². The van der Waals surface area contributed by atoms with Crippen LogP contribution in [0.4, 0.5) is 0 Å². The van der Waals surface area contributed by atoms with E-state index in [9.17, 15) is 0 Å².